The largest absolute Gasteiger partial charge is 0.488 e. The van der Waals surface area contributed by atoms with Gasteiger partial charge >= 0.3 is 7.12 Å². The first-order valence-electron chi connectivity index (χ1n) is 7.22. The molecule has 0 amide bonds. The van der Waals surface area contributed by atoms with Crippen molar-refractivity contribution in [2.24, 2.45) is 0 Å². The summed E-state index contributed by atoms with van der Waals surface area (Å²) < 4.78 is 0. The Morgan fingerprint density at radius 2 is 1.62 bits per heavy atom. The molecule has 0 aliphatic carbocycles. The third kappa shape index (κ3) is 6.85. The van der Waals surface area contributed by atoms with Crippen LogP contribution in [0, 0.1) is 0 Å². The average Bonchev–Trinajstić information content (AvgIpc) is 2.60. The van der Waals surface area contributed by atoms with Gasteiger partial charge in [-0.05, 0) is 11.0 Å². The Labute approximate surface area is 141 Å². The van der Waals surface area contributed by atoms with Gasteiger partial charge in [0.05, 0.1) is 6.61 Å². The van der Waals surface area contributed by atoms with Gasteiger partial charge in [0.1, 0.15) is 0 Å². The van der Waals surface area contributed by atoms with E-state index in [1.165, 1.54) is 23.8 Å². The molecule has 2 N–H and O–H groups in total. The van der Waals surface area contributed by atoms with Crippen molar-refractivity contribution < 1.29 is 24.5 Å². The van der Waals surface area contributed by atoms with Crippen molar-refractivity contribution in [2.75, 3.05) is 14.1 Å². The lowest BCUT2D eigenvalue weighted by Gasteiger charge is -2.09. The number of carbonyl (C=O) groups excluding carboxylic acids is 2. The molecule has 0 spiro atoms. The van der Waals surface area contributed by atoms with Crippen molar-refractivity contribution >= 4 is 25.2 Å². The number of hydroxylamine groups is 2. The molecule has 2 aromatic rings. The van der Waals surface area contributed by atoms with Crippen LogP contribution in [0.5, 0.6) is 0 Å². The van der Waals surface area contributed by atoms with Gasteiger partial charge in [0.2, 0.25) is 0 Å². The third-order valence-corrected chi connectivity index (χ3v) is 3.00. The van der Waals surface area contributed by atoms with E-state index in [1.807, 2.05) is 44.4 Å². The Morgan fingerprint density at radius 1 is 1.00 bits per heavy atom. The number of hydrogen-bond acceptors (Lipinski definition) is 6. The fourth-order valence-electron chi connectivity index (χ4n) is 1.74. The van der Waals surface area contributed by atoms with E-state index in [0.717, 1.165) is 0 Å². The van der Waals surface area contributed by atoms with Crippen LogP contribution in [0.1, 0.15) is 26.3 Å². The Morgan fingerprint density at radius 3 is 2.12 bits per heavy atom. The van der Waals surface area contributed by atoms with Crippen molar-refractivity contribution in [2.45, 2.75) is 6.61 Å². The molecule has 6 nitrogen and oxygen atoms in total. The SMILES string of the molecule is CN(C)OCc1ccccc1.O=Cc1ccc(B(O)O)cc1C=O. The number of hydrogen-bond donors (Lipinski definition) is 2. The quantitative estimate of drug-likeness (QED) is 0.460. The maximum absolute atomic E-state index is 10.4. The van der Waals surface area contributed by atoms with E-state index in [2.05, 4.69) is 0 Å². The number of benzene rings is 2. The Kier molecular flexibility index (Phi) is 8.60. The molecule has 0 aliphatic rings. The smallest absolute Gasteiger partial charge is 0.423 e. The molecule has 0 aromatic heterocycles. The summed E-state index contributed by atoms with van der Waals surface area (Å²) in [6.07, 6.45) is 1.03. The molecule has 0 heterocycles. The normalized spacial score (nSPS) is 9.88. The number of rotatable bonds is 6. The molecule has 2 rings (SSSR count). The number of aldehydes is 2. The predicted molar refractivity (Wildman–Crippen MR) is 92.0 cm³/mol. The highest BCUT2D eigenvalue weighted by Gasteiger charge is 2.12. The molecule has 0 saturated heterocycles. The minimum atomic E-state index is -1.63. The summed E-state index contributed by atoms with van der Waals surface area (Å²) in [5, 5.41) is 19.2. The molecule has 24 heavy (non-hydrogen) atoms. The van der Waals surface area contributed by atoms with Gasteiger partial charge in [0, 0.05) is 25.2 Å². The lowest BCUT2D eigenvalue weighted by atomic mass is 9.79. The van der Waals surface area contributed by atoms with Crippen LogP contribution in [0.25, 0.3) is 0 Å². The van der Waals surface area contributed by atoms with Crippen molar-refractivity contribution in [3.8, 4) is 0 Å². The second-order valence-corrected chi connectivity index (χ2v) is 5.07. The molecule has 126 valence electrons. The maximum atomic E-state index is 10.4. The Balaban J connectivity index is 0.000000243. The fraction of sp³-hybridized carbons (Fsp3) is 0.176. The average molecular weight is 329 g/mol. The van der Waals surface area contributed by atoms with E-state index in [9.17, 15) is 9.59 Å². The summed E-state index contributed by atoms with van der Waals surface area (Å²) in [4.78, 5) is 26.1. The zero-order chi connectivity index (χ0) is 17.9. The van der Waals surface area contributed by atoms with E-state index in [-0.39, 0.29) is 16.6 Å². The highest BCUT2D eigenvalue weighted by molar-refractivity contribution is 6.58. The molecule has 0 bridgehead atoms. The zero-order valence-electron chi connectivity index (χ0n) is 13.6. The Hall–Kier alpha value is -2.32. The summed E-state index contributed by atoms with van der Waals surface area (Å²) in [6.45, 7) is 0.647. The maximum Gasteiger partial charge on any atom is 0.488 e. The first-order valence-corrected chi connectivity index (χ1v) is 7.22. The van der Waals surface area contributed by atoms with Gasteiger partial charge in [0.15, 0.2) is 12.6 Å². The second-order valence-electron chi connectivity index (χ2n) is 5.07. The first-order chi connectivity index (χ1) is 11.5. The van der Waals surface area contributed by atoms with Crippen LogP contribution >= 0.6 is 0 Å². The van der Waals surface area contributed by atoms with Crippen molar-refractivity contribution in [1.82, 2.24) is 5.06 Å². The molecule has 0 radical (unpaired) electrons. The molecule has 0 atom stereocenters. The molecule has 0 saturated carbocycles. The monoisotopic (exact) mass is 329 g/mol. The highest BCUT2D eigenvalue weighted by atomic mass is 16.7. The van der Waals surface area contributed by atoms with Crippen molar-refractivity contribution in [3.05, 3.63) is 65.2 Å². The lowest BCUT2D eigenvalue weighted by molar-refractivity contribution is -0.130. The van der Waals surface area contributed by atoms with Crippen LogP contribution in [-0.4, -0.2) is 48.9 Å². The zero-order valence-corrected chi connectivity index (χ0v) is 13.6. The van der Waals surface area contributed by atoms with E-state index < -0.39 is 7.12 Å². The summed E-state index contributed by atoms with van der Waals surface area (Å²) >= 11 is 0. The number of carbonyl (C=O) groups is 2. The lowest BCUT2D eigenvalue weighted by Crippen LogP contribution is -2.30. The molecule has 7 heteroatoms. The van der Waals surface area contributed by atoms with Gasteiger partial charge < -0.3 is 10.0 Å². The summed E-state index contributed by atoms with van der Waals surface area (Å²) in [6, 6.07) is 14.1. The number of nitrogens with zero attached hydrogens (tertiary/aromatic N) is 1. The van der Waals surface area contributed by atoms with Crippen LogP contribution < -0.4 is 5.46 Å². The van der Waals surface area contributed by atoms with Crippen molar-refractivity contribution in [3.63, 3.8) is 0 Å². The van der Waals surface area contributed by atoms with Gasteiger partial charge in [-0.3, -0.25) is 14.4 Å². The summed E-state index contributed by atoms with van der Waals surface area (Å²) in [5.41, 5.74) is 1.77. The van der Waals surface area contributed by atoms with Crippen LogP contribution in [0.2, 0.25) is 0 Å². The first kappa shape index (κ1) is 19.7. The van der Waals surface area contributed by atoms with Crippen LogP contribution in [0.4, 0.5) is 0 Å². The topological polar surface area (TPSA) is 87.1 Å². The van der Waals surface area contributed by atoms with Gasteiger partial charge in [-0.25, -0.2) is 0 Å². The van der Waals surface area contributed by atoms with Gasteiger partial charge in [-0.1, -0.05) is 48.5 Å². The molecular weight excluding hydrogens is 309 g/mol. The van der Waals surface area contributed by atoms with E-state index >= 15 is 0 Å². The molecule has 0 aliphatic heterocycles. The van der Waals surface area contributed by atoms with Gasteiger partial charge in [-0.15, -0.1) is 0 Å². The standard InChI is InChI=1S/C9H13NO.C8H7BO4/c1-10(2)11-8-9-6-4-3-5-7-9;10-4-6-1-2-8(9(12)13)3-7(6)5-11/h3-7H,8H2,1-2H3;1-5,12-13H. The van der Waals surface area contributed by atoms with Crippen LogP contribution in [-0.2, 0) is 11.4 Å². The molecular formula is C17H20BNO5. The minimum absolute atomic E-state index is 0.153. The van der Waals surface area contributed by atoms with E-state index in [4.69, 9.17) is 14.9 Å². The predicted octanol–water partition coefficient (Wildman–Crippen LogP) is 0.671. The van der Waals surface area contributed by atoms with Gasteiger partial charge in [-0.2, -0.15) is 5.06 Å². The van der Waals surface area contributed by atoms with Crippen LogP contribution in [0.3, 0.4) is 0 Å². The van der Waals surface area contributed by atoms with Crippen LogP contribution in [0.15, 0.2) is 48.5 Å². The highest BCUT2D eigenvalue weighted by Crippen LogP contribution is 2.01. The fourth-order valence-corrected chi connectivity index (χ4v) is 1.74. The second kappa shape index (κ2) is 10.5. The summed E-state index contributed by atoms with van der Waals surface area (Å²) in [5.74, 6) is 0. The van der Waals surface area contributed by atoms with E-state index in [1.54, 1.807) is 5.06 Å². The summed E-state index contributed by atoms with van der Waals surface area (Å²) in [7, 11) is 2.13. The van der Waals surface area contributed by atoms with Crippen molar-refractivity contribution in [1.29, 1.82) is 0 Å². The van der Waals surface area contributed by atoms with Gasteiger partial charge in [0.25, 0.3) is 0 Å². The molecule has 2 aromatic carbocycles. The third-order valence-electron chi connectivity index (χ3n) is 3.00. The Bertz CT molecular complexity index is 647. The van der Waals surface area contributed by atoms with E-state index in [0.29, 0.717) is 19.2 Å². The minimum Gasteiger partial charge on any atom is -0.423 e. The molecule has 0 unspecified atom stereocenters. The molecule has 0 fully saturated rings.